The van der Waals surface area contributed by atoms with E-state index in [0.29, 0.717) is 0 Å². The molecule has 134 valence electrons. The molecule has 0 atom stereocenters. The Morgan fingerprint density at radius 3 is 2.41 bits per heavy atom. The number of benzene rings is 2. The number of aromatic nitrogens is 2. The maximum atomic E-state index is 4.75. The molecule has 3 nitrogen and oxygen atoms in total. The largest absolute Gasteiger partial charge is 0.378 e. The molecule has 0 amide bonds. The summed E-state index contributed by atoms with van der Waals surface area (Å²) in [6.45, 7) is 0. The number of pyridine rings is 1. The van der Waals surface area contributed by atoms with E-state index in [1.807, 2.05) is 6.07 Å². The van der Waals surface area contributed by atoms with Crippen molar-refractivity contribution in [3.63, 3.8) is 0 Å². The Balaban J connectivity index is 1.58. The molecule has 2 aromatic heterocycles. The Kier molecular flexibility index (Phi) is 4.73. The summed E-state index contributed by atoms with van der Waals surface area (Å²) in [5.41, 5.74) is 5.75. The van der Waals surface area contributed by atoms with Gasteiger partial charge in [-0.25, -0.2) is 9.55 Å². The zero-order valence-corrected chi connectivity index (χ0v) is 16.6. The van der Waals surface area contributed by atoms with Gasteiger partial charge in [-0.05, 0) is 42.0 Å². The topological polar surface area (TPSA) is 20.0 Å². The van der Waals surface area contributed by atoms with E-state index in [4.69, 9.17) is 4.98 Å². The highest BCUT2D eigenvalue weighted by Gasteiger charge is 2.11. The van der Waals surface area contributed by atoms with Crippen molar-refractivity contribution in [1.29, 1.82) is 0 Å². The Labute approximate surface area is 163 Å². The first-order valence-corrected chi connectivity index (χ1v) is 9.73. The van der Waals surface area contributed by atoms with Gasteiger partial charge < -0.3 is 4.90 Å². The number of fused-ring (bicyclic) bond motifs is 1. The Bertz CT molecular complexity index is 1080. The molecule has 2 aromatic carbocycles. The lowest BCUT2D eigenvalue weighted by Crippen LogP contribution is -2.31. The molecule has 4 heteroatoms. The van der Waals surface area contributed by atoms with Crippen LogP contribution in [0.4, 0.5) is 5.69 Å². The number of thiazole rings is 1. The van der Waals surface area contributed by atoms with Crippen LogP contribution in [0, 0.1) is 0 Å². The quantitative estimate of drug-likeness (QED) is 0.469. The molecule has 0 unspecified atom stereocenters. The zero-order chi connectivity index (χ0) is 18.8. The van der Waals surface area contributed by atoms with Crippen molar-refractivity contribution < 1.29 is 4.57 Å². The van der Waals surface area contributed by atoms with Gasteiger partial charge in [0.15, 0.2) is 6.20 Å². The molecule has 27 heavy (non-hydrogen) atoms. The van der Waals surface area contributed by atoms with Crippen LogP contribution in [-0.4, -0.2) is 19.1 Å². The SMILES string of the molecule is CN(C)c1ccc(/C=C/c2ccc(-c3nc4ccccc4s3)c[n+]2C)cc1. The lowest BCUT2D eigenvalue weighted by atomic mass is 10.1. The molecule has 0 aliphatic rings. The average Bonchev–Trinajstić information content (AvgIpc) is 3.11. The maximum absolute atomic E-state index is 4.75. The molecule has 0 saturated heterocycles. The standard InChI is InChI=1S/C23H22N3S/c1-25(2)19-12-8-17(9-13-19)10-14-20-15-11-18(16-26(20)3)23-24-21-6-4-5-7-22(21)27-23/h4-16H,1-3H3/q+1. The molecule has 2 heterocycles. The van der Waals surface area contributed by atoms with Crippen LogP contribution in [0.5, 0.6) is 0 Å². The monoisotopic (exact) mass is 372 g/mol. The third-order valence-electron chi connectivity index (χ3n) is 4.57. The summed E-state index contributed by atoms with van der Waals surface area (Å²) in [5.74, 6) is 0. The molecule has 0 N–H and O–H groups in total. The number of nitrogens with zero attached hydrogens (tertiary/aromatic N) is 3. The first-order valence-electron chi connectivity index (χ1n) is 8.91. The minimum Gasteiger partial charge on any atom is -0.378 e. The van der Waals surface area contributed by atoms with Crippen molar-refractivity contribution in [2.45, 2.75) is 0 Å². The van der Waals surface area contributed by atoms with Gasteiger partial charge in [0.25, 0.3) is 0 Å². The average molecular weight is 373 g/mol. The summed E-state index contributed by atoms with van der Waals surface area (Å²) in [7, 11) is 6.18. The van der Waals surface area contributed by atoms with Gasteiger partial charge in [0, 0.05) is 31.9 Å². The normalized spacial score (nSPS) is 11.4. The van der Waals surface area contributed by atoms with Gasteiger partial charge >= 0.3 is 0 Å². The molecule has 4 aromatic rings. The van der Waals surface area contributed by atoms with Crippen molar-refractivity contribution in [1.82, 2.24) is 4.98 Å². The first-order chi connectivity index (χ1) is 13.1. The number of rotatable bonds is 4. The Morgan fingerprint density at radius 1 is 0.926 bits per heavy atom. The maximum Gasteiger partial charge on any atom is 0.204 e. The molecule has 0 bridgehead atoms. The summed E-state index contributed by atoms with van der Waals surface area (Å²) < 4.78 is 3.37. The second-order valence-electron chi connectivity index (χ2n) is 6.76. The van der Waals surface area contributed by atoms with Crippen molar-refractivity contribution in [2.24, 2.45) is 7.05 Å². The lowest BCUT2D eigenvalue weighted by Gasteiger charge is -2.11. The van der Waals surface area contributed by atoms with Gasteiger partial charge in [-0.1, -0.05) is 24.3 Å². The summed E-state index contributed by atoms with van der Waals surface area (Å²) in [5, 5.41) is 1.06. The molecule has 0 aliphatic carbocycles. The molecule has 0 radical (unpaired) electrons. The summed E-state index contributed by atoms with van der Waals surface area (Å²) in [4.78, 5) is 6.86. The van der Waals surface area contributed by atoms with Gasteiger partial charge in [-0.15, -0.1) is 11.3 Å². The molecule has 4 rings (SSSR count). The van der Waals surface area contributed by atoms with Crippen LogP contribution >= 0.6 is 11.3 Å². The second kappa shape index (κ2) is 7.33. The zero-order valence-electron chi connectivity index (χ0n) is 15.8. The van der Waals surface area contributed by atoms with Crippen LogP contribution in [-0.2, 0) is 7.05 Å². The van der Waals surface area contributed by atoms with Gasteiger partial charge in [-0.2, -0.15) is 0 Å². The minimum atomic E-state index is 1.06. The van der Waals surface area contributed by atoms with E-state index in [1.165, 1.54) is 16.0 Å². The van der Waals surface area contributed by atoms with Crippen molar-refractivity contribution in [2.75, 3.05) is 19.0 Å². The van der Waals surface area contributed by atoms with E-state index in [1.54, 1.807) is 11.3 Å². The van der Waals surface area contributed by atoms with Gasteiger partial charge in [-0.3, -0.25) is 0 Å². The molecule has 0 saturated carbocycles. The van der Waals surface area contributed by atoms with E-state index in [0.717, 1.165) is 21.8 Å². The predicted octanol–water partition coefficient (Wildman–Crippen LogP) is 5.02. The third-order valence-corrected chi connectivity index (χ3v) is 5.66. The Hall–Kier alpha value is -2.98. The van der Waals surface area contributed by atoms with Gasteiger partial charge in [0.2, 0.25) is 5.69 Å². The van der Waals surface area contributed by atoms with Gasteiger partial charge in [0.1, 0.15) is 12.1 Å². The summed E-state index contributed by atoms with van der Waals surface area (Å²) >= 11 is 1.73. The van der Waals surface area contributed by atoms with Crippen LogP contribution in [0.3, 0.4) is 0 Å². The fraction of sp³-hybridized carbons (Fsp3) is 0.130. The van der Waals surface area contributed by atoms with Crippen LogP contribution < -0.4 is 9.47 Å². The molecule has 0 aliphatic heterocycles. The van der Waals surface area contributed by atoms with Crippen LogP contribution in [0.2, 0.25) is 0 Å². The molecule has 0 fully saturated rings. The fourth-order valence-corrected chi connectivity index (χ4v) is 3.94. The van der Waals surface area contributed by atoms with Crippen LogP contribution in [0.25, 0.3) is 32.9 Å². The first kappa shape index (κ1) is 17.4. The number of anilines is 1. The number of para-hydroxylation sites is 1. The van der Waals surface area contributed by atoms with Crippen molar-refractivity contribution in [3.05, 3.63) is 78.1 Å². The minimum absolute atomic E-state index is 1.06. The van der Waals surface area contributed by atoms with E-state index in [2.05, 4.69) is 104 Å². The van der Waals surface area contributed by atoms with E-state index in [9.17, 15) is 0 Å². The Morgan fingerprint density at radius 2 is 1.70 bits per heavy atom. The predicted molar refractivity (Wildman–Crippen MR) is 116 cm³/mol. The van der Waals surface area contributed by atoms with E-state index in [-0.39, 0.29) is 0 Å². The summed E-state index contributed by atoms with van der Waals surface area (Å²) in [6, 6.07) is 21.1. The third kappa shape index (κ3) is 3.76. The van der Waals surface area contributed by atoms with Crippen LogP contribution in [0.1, 0.15) is 11.3 Å². The van der Waals surface area contributed by atoms with Crippen LogP contribution in [0.15, 0.2) is 66.9 Å². The highest BCUT2D eigenvalue weighted by atomic mass is 32.1. The highest BCUT2D eigenvalue weighted by molar-refractivity contribution is 7.21. The number of aryl methyl sites for hydroxylation is 1. The molecular weight excluding hydrogens is 350 g/mol. The highest BCUT2D eigenvalue weighted by Crippen LogP contribution is 2.29. The summed E-state index contributed by atoms with van der Waals surface area (Å²) in [6.07, 6.45) is 6.44. The van der Waals surface area contributed by atoms with Crippen molar-refractivity contribution >= 4 is 39.4 Å². The molecule has 0 spiro atoms. The van der Waals surface area contributed by atoms with Gasteiger partial charge in [0.05, 0.1) is 15.8 Å². The second-order valence-corrected chi connectivity index (χ2v) is 7.79. The number of hydrogen-bond acceptors (Lipinski definition) is 3. The fourth-order valence-electron chi connectivity index (χ4n) is 2.98. The lowest BCUT2D eigenvalue weighted by molar-refractivity contribution is -0.672. The molecular formula is C23H22N3S+. The van der Waals surface area contributed by atoms with Crippen molar-refractivity contribution in [3.8, 4) is 10.6 Å². The number of hydrogen-bond donors (Lipinski definition) is 0. The van der Waals surface area contributed by atoms with E-state index < -0.39 is 0 Å². The smallest absolute Gasteiger partial charge is 0.204 e. The van der Waals surface area contributed by atoms with E-state index >= 15 is 0 Å².